The number of ether oxygens (including phenoxy) is 2. The molecule has 7 nitrogen and oxygen atoms in total. The van der Waals surface area contributed by atoms with Gasteiger partial charge in [0.1, 0.15) is 10.7 Å². The summed E-state index contributed by atoms with van der Waals surface area (Å²) in [6.07, 6.45) is 0.861. The van der Waals surface area contributed by atoms with E-state index in [1.165, 1.54) is 7.11 Å². The van der Waals surface area contributed by atoms with Gasteiger partial charge in [-0.05, 0) is 94.3 Å². The summed E-state index contributed by atoms with van der Waals surface area (Å²) in [5.41, 5.74) is 8.49. The van der Waals surface area contributed by atoms with Gasteiger partial charge in [-0.2, -0.15) is 5.10 Å². The molecule has 9 heteroatoms. The molecule has 6 rings (SSSR count). The van der Waals surface area contributed by atoms with Crippen molar-refractivity contribution in [2.45, 2.75) is 46.3 Å². The lowest BCUT2D eigenvalue weighted by molar-refractivity contribution is -0.164. The van der Waals surface area contributed by atoms with Gasteiger partial charge in [0, 0.05) is 51.6 Å². The molecule has 3 heterocycles. The summed E-state index contributed by atoms with van der Waals surface area (Å²) in [6, 6.07) is 20.0. The van der Waals surface area contributed by atoms with E-state index in [0.717, 1.165) is 70.9 Å². The highest BCUT2D eigenvalue weighted by Crippen LogP contribution is 2.45. The molecule has 3 aromatic carbocycles. The zero-order valence-corrected chi connectivity index (χ0v) is 27.3. The fourth-order valence-electron chi connectivity index (χ4n) is 5.59. The monoisotopic (exact) mass is 624 g/mol. The second kappa shape index (κ2) is 11.4. The molecule has 0 fully saturated rings. The Balaban J connectivity index is 1.59. The number of hydrogen-bond acceptors (Lipinski definition) is 7. The normalized spacial score (nSPS) is 12.6. The molecule has 44 heavy (non-hydrogen) atoms. The van der Waals surface area contributed by atoms with Crippen LogP contribution in [0.4, 0.5) is 0 Å². The number of fused-ring (bicyclic) bond motifs is 2. The molecule has 3 aromatic heterocycles. The maximum Gasteiger partial charge on any atom is 0.339 e. The zero-order valence-electron chi connectivity index (χ0n) is 25.7. The Morgan fingerprint density at radius 2 is 1.75 bits per heavy atom. The average molecular weight is 625 g/mol. The van der Waals surface area contributed by atoms with Crippen LogP contribution in [0.2, 0.25) is 5.02 Å². The van der Waals surface area contributed by atoms with Crippen LogP contribution in [0.1, 0.15) is 43.7 Å². The molecule has 0 saturated carbocycles. The van der Waals surface area contributed by atoms with Crippen molar-refractivity contribution in [3.05, 3.63) is 88.7 Å². The Labute approximate surface area is 265 Å². The van der Waals surface area contributed by atoms with Crippen LogP contribution >= 0.6 is 22.9 Å². The summed E-state index contributed by atoms with van der Waals surface area (Å²) in [4.78, 5) is 22.9. The summed E-state index contributed by atoms with van der Waals surface area (Å²) in [5, 5.41) is 7.36. The van der Waals surface area contributed by atoms with E-state index in [-0.39, 0.29) is 0 Å². The minimum atomic E-state index is -0.933. The SMILES string of the molecule is COC(=O)C(OC(C)(C)C)c1c(C)cc2nc(-c3ccc4c(c3)c(-c3cccnc3C)nn4C)sc2c1-c1ccc(Cl)cc1. The van der Waals surface area contributed by atoms with Crippen LogP contribution in [0.15, 0.2) is 66.9 Å². The third-order valence-electron chi connectivity index (χ3n) is 7.57. The smallest absolute Gasteiger partial charge is 0.339 e. The molecule has 6 aromatic rings. The lowest BCUT2D eigenvalue weighted by atomic mass is 9.91. The Hall–Kier alpha value is -4.11. The molecule has 224 valence electrons. The number of rotatable bonds is 6. The zero-order chi connectivity index (χ0) is 31.3. The number of carbonyl (C=O) groups is 1. The summed E-state index contributed by atoms with van der Waals surface area (Å²) < 4.78 is 14.5. The number of thiazole rings is 1. The van der Waals surface area contributed by atoms with Crippen molar-refractivity contribution in [3.63, 3.8) is 0 Å². The van der Waals surface area contributed by atoms with Gasteiger partial charge in [0.25, 0.3) is 0 Å². The van der Waals surface area contributed by atoms with Crippen molar-refractivity contribution in [1.82, 2.24) is 19.7 Å². The number of nitrogens with zero attached hydrogens (tertiary/aromatic N) is 4. The highest BCUT2D eigenvalue weighted by atomic mass is 35.5. The fraction of sp³-hybridized carbons (Fsp3) is 0.257. The minimum absolute atomic E-state index is 0.456. The van der Waals surface area contributed by atoms with Crippen LogP contribution in [0.5, 0.6) is 0 Å². The van der Waals surface area contributed by atoms with Gasteiger partial charge < -0.3 is 9.47 Å². The predicted octanol–water partition coefficient (Wildman–Crippen LogP) is 8.88. The summed E-state index contributed by atoms with van der Waals surface area (Å²) in [6.45, 7) is 9.77. The van der Waals surface area contributed by atoms with Gasteiger partial charge >= 0.3 is 5.97 Å². The molecule has 0 radical (unpaired) electrons. The Bertz CT molecular complexity index is 2040. The van der Waals surface area contributed by atoms with Crippen molar-refractivity contribution in [2.24, 2.45) is 7.05 Å². The van der Waals surface area contributed by atoms with Crippen molar-refractivity contribution < 1.29 is 14.3 Å². The largest absolute Gasteiger partial charge is 0.467 e. The molecule has 0 aliphatic carbocycles. The first-order valence-electron chi connectivity index (χ1n) is 14.3. The number of aryl methyl sites for hydroxylation is 3. The summed E-state index contributed by atoms with van der Waals surface area (Å²) in [5.74, 6) is -0.456. The van der Waals surface area contributed by atoms with Crippen LogP contribution in [-0.4, -0.2) is 38.4 Å². The molecule has 0 saturated heterocycles. The van der Waals surface area contributed by atoms with E-state index in [1.807, 2.05) is 82.7 Å². The predicted molar refractivity (Wildman–Crippen MR) is 178 cm³/mol. The maximum absolute atomic E-state index is 13.2. The third-order valence-corrected chi connectivity index (χ3v) is 8.96. The van der Waals surface area contributed by atoms with Crippen LogP contribution < -0.4 is 0 Å². The highest BCUT2D eigenvalue weighted by Gasteiger charge is 2.33. The molecule has 0 N–H and O–H groups in total. The molecule has 0 aliphatic rings. The van der Waals surface area contributed by atoms with E-state index in [0.29, 0.717) is 5.02 Å². The third kappa shape index (κ3) is 5.49. The fourth-order valence-corrected chi connectivity index (χ4v) is 6.84. The van der Waals surface area contributed by atoms with Crippen molar-refractivity contribution in [3.8, 4) is 33.0 Å². The molecular weight excluding hydrogens is 592 g/mol. The number of pyridine rings is 1. The van der Waals surface area contributed by atoms with Gasteiger partial charge in [-0.3, -0.25) is 9.67 Å². The number of hydrogen-bond donors (Lipinski definition) is 0. The van der Waals surface area contributed by atoms with Crippen LogP contribution in [0.25, 0.3) is 54.1 Å². The van der Waals surface area contributed by atoms with Gasteiger partial charge in [0.2, 0.25) is 0 Å². The molecule has 1 unspecified atom stereocenters. The average Bonchev–Trinajstić information content (AvgIpc) is 3.55. The number of benzene rings is 3. The lowest BCUT2D eigenvalue weighted by Crippen LogP contribution is -2.29. The second-order valence-corrected chi connectivity index (χ2v) is 13.3. The molecular formula is C35H33ClN4O3S. The minimum Gasteiger partial charge on any atom is -0.467 e. The van der Waals surface area contributed by atoms with Crippen molar-refractivity contribution in [2.75, 3.05) is 7.11 Å². The Morgan fingerprint density at radius 3 is 2.43 bits per heavy atom. The van der Waals surface area contributed by atoms with Crippen LogP contribution in [0, 0.1) is 13.8 Å². The van der Waals surface area contributed by atoms with Gasteiger partial charge in [-0.15, -0.1) is 11.3 Å². The first kappa shape index (κ1) is 29.9. The first-order chi connectivity index (χ1) is 20.9. The van der Waals surface area contributed by atoms with E-state index >= 15 is 0 Å². The number of carbonyl (C=O) groups excluding carboxylic acids is 1. The van der Waals surface area contributed by atoms with Gasteiger partial charge in [0.05, 0.1) is 28.4 Å². The second-order valence-electron chi connectivity index (χ2n) is 11.8. The number of halogens is 1. The van der Waals surface area contributed by atoms with Crippen molar-refractivity contribution in [1.29, 1.82) is 0 Å². The van der Waals surface area contributed by atoms with E-state index in [1.54, 1.807) is 17.5 Å². The van der Waals surface area contributed by atoms with Crippen LogP contribution in [-0.2, 0) is 21.3 Å². The molecule has 0 amide bonds. The summed E-state index contributed by atoms with van der Waals surface area (Å²) >= 11 is 7.87. The number of methoxy groups -OCH3 is 1. The van der Waals surface area contributed by atoms with Crippen molar-refractivity contribution >= 4 is 50.0 Å². The Kier molecular flexibility index (Phi) is 7.78. The molecule has 0 bridgehead atoms. The van der Waals surface area contributed by atoms with E-state index in [9.17, 15) is 4.79 Å². The lowest BCUT2D eigenvalue weighted by Gasteiger charge is -2.28. The van der Waals surface area contributed by atoms with E-state index < -0.39 is 17.7 Å². The van der Waals surface area contributed by atoms with Crippen LogP contribution in [0.3, 0.4) is 0 Å². The molecule has 1 atom stereocenters. The maximum atomic E-state index is 13.2. The molecule has 0 spiro atoms. The standard InChI is InChI=1S/C35H33ClN4O3S/c1-19-17-26-32(29(21-10-13-23(36)14-11-21)28(19)31(34(41)42-7)43-35(3,4)5)44-33(38-26)22-12-15-27-25(18-22)30(39-40(27)6)24-9-8-16-37-20(24)2/h8-18,31H,1-7H3. The van der Waals surface area contributed by atoms with E-state index in [4.69, 9.17) is 31.2 Å². The highest BCUT2D eigenvalue weighted by molar-refractivity contribution is 7.22. The van der Waals surface area contributed by atoms with Gasteiger partial charge in [-0.1, -0.05) is 23.7 Å². The first-order valence-corrected chi connectivity index (χ1v) is 15.5. The summed E-state index contributed by atoms with van der Waals surface area (Å²) in [7, 11) is 3.34. The Morgan fingerprint density at radius 1 is 1.02 bits per heavy atom. The number of esters is 1. The molecule has 0 aliphatic heterocycles. The van der Waals surface area contributed by atoms with E-state index in [2.05, 4.69) is 29.2 Å². The number of aromatic nitrogens is 4. The van der Waals surface area contributed by atoms with Gasteiger partial charge in [0.15, 0.2) is 6.10 Å². The quantitative estimate of drug-likeness (QED) is 0.172. The van der Waals surface area contributed by atoms with Gasteiger partial charge in [-0.25, -0.2) is 9.78 Å². The topological polar surface area (TPSA) is 79.1 Å².